The van der Waals surface area contributed by atoms with E-state index in [1.165, 1.54) is 19.2 Å². The lowest BCUT2D eigenvalue weighted by atomic mass is 10.2. The molecular weight excluding hydrogens is 282 g/mol. The Morgan fingerprint density at radius 1 is 1.35 bits per heavy atom. The third-order valence-corrected chi connectivity index (χ3v) is 2.82. The summed E-state index contributed by atoms with van der Waals surface area (Å²) in [6.45, 7) is 0.209. The molecule has 0 saturated carbocycles. The maximum Gasteiger partial charge on any atom is 0.339 e. The zero-order chi connectivity index (χ0) is 14.5. The van der Waals surface area contributed by atoms with Gasteiger partial charge in [0.25, 0.3) is 0 Å². The number of aromatic carboxylic acids is 1. The minimum Gasteiger partial charge on any atom is -0.493 e. The molecule has 0 aliphatic rings. The second-order valence-electron chi connectivity index (χ2n) is 3.93. The molecule has 0 radical (unpaired) electrons. The molecule has 0 unspecified atom stereocenters. The van der Waals surface area contributed by atoms with Crippen molar-refractivity contribution in [2.75, 3.05) is 7.11 Å². The van der Waals surface area contributed by atoms with Crippen LogP contribution in [-0.2, 0) is 6.61 Å². The van der Waals surface area contributed by atoms with Gasteiger partial charge in [0.05, 0.1) is 7.11 Å². The number of carboxylic acids is 1. The normalized spacial score (nSPS) is 10.1. The van der Waals surface area contributed by atoms with E-state index in [4.69, 9.17) is 21.1 Å². The zero-order valence-corrected chi connectivity index (χ0v) is 11.4. The van der Waals surface area contributed by atoms with Crippen LogP contribution in [0.25, 0.3) is 0 Å². The van der Waals surface area contributed by atoms with Crippen molar-refractivity contribution in [2.24, 2.45) is 0 Å². The number of rotatable bonds is 5. The summed E-state index contributed by atoms with van der Waals surface area (Å²) in [6, 6.07) is 6.40. The Morgan fingerprint density at radius 2 is 2.05 bits per heavy atom. The Balaban J connectivity index is 2.32. The van der Waals surface area contributed by atoms with E-state index in [0.717, 1.165) is 5.56 Å². The van der Waals surface area contributed by atoms with Crippen LogP contribution >= 0.6 is 11.6 Å². The van der Waals surface area contributed by atoms with E-state index >= 15 is 0 Å². The van der Waals surface area contributed by atoms with Crippen LogP contribution in [0.1, 0.15) is 15.9 Å². The van der Waals surface area contributed by atoms with Gasteiger partial charge < -0.3 is 14.6 Å². The van der Waals surface area contributed by atoms with Crippen LogP contribution in [0.15, 0.2) is 36.7 Å². The average Bonchev–Trinajstić information content (AvgIpc) is 2.46. The van der Waals surface area contributed by atoms with Gasteiger partial charge in [-0.1, -0.05) is 11.6 Å². The average molecular weight is 294 g/mol. The van der Waals surface area contributed by atoms with E-state index in [0.29, 0.717) is 0 Å². The van der Waals surface area contributed by atoms with Crippen LogP contribution in [0.5, 0.6) is 11.5 Å². The van der Waals surface area contributed by atoms with Crippen LogP contribution in [0.3, 0.4) is 0 Å². The van der Waals surface area contributed by atoms with E-state index in [9.17, 15) is 9.90 Å². The minimum absolute atomic E-state index is 0.0385. The van der Waals surface area contributed by atoms with Crippen molar-refractivity contribution in [3.05, 3.63) is 52.8 Å². The SMILES string of the molecule is COc1cc(Cl)cc(C(=O)O)c1OCc1ccncc1. The standard InChI is InChI=1S/C14H12ClNO4/c1-19-12-7-10(15)6-11(14(17)18)13(12)20-8-9-2-4-16-5-3-9/h2-7H,8H2,1H3,(H,17,18). The van der Waals surface area contributed by atoms with Crippen molar-refractivity contribution in [1.82, 2.24) is 4.98 Å². The van der Waals surface area contributed by atoms with E-state index in [1.807, 2.05) is 0 Å². The Morgan fingerprint density at radius 3 is 2.65 bits per heavy atom. The van der Waals surface area contributed by atoms with Gasteiger partial charge in [0, 0.05) is 23.5 Å². The lowest BCUT2D eigenvalue weighted by Crippen LogP contribution is -2.05. The number of hydrogen-bond donors (Lipinski definition) is 1. The number of hydrogen-bond acceptors (Lipinski definition) is 4. The van der Waals surface area contributed by atoms with Crippen molar-refractivity contribution in [1.29, 1.82) is 0 Å². The first-order chi connectivity index (χ1) is 9.61. The van der Waals surface area contributed by atoms with Gasteiger partial charge >= 0.3 is 5.97 Å². The minimum atomic E-state index is -1.13. The highest BCUT2D eigenvalue weighted by atomic mass is 35.5. The lowest BCUT2D eigenvalue weighted by molar-refractivity contribution is 0.0691. The number of methoxy groups -OCH3 is 1. The summed E-state index contributed by atoms with van der Waals surface area (Å²) in [5.74, 6) is -0.694. The van der Waals surface area contributed by atoms with Gasteiger partial charge in [0.1, 0.15) is 12.2 Å². The van der Waals surface area contributed by atoms with Gasteiger partial charge in [-0.25, -0.2) is 4.79 Å². The molecule has 2 aromatic rings. The maximum absolute atomic E-state index is 11.2. The molecule has 0 aliphatic carbocycles. The molecule has 6 heteroatoms. The van der Waals surface area contributed by atoms with Gasteiger partial charge in [-0.15, -0.1) is 0 Å². The van der Waals surface area contributed by atoms with Crippen LogP contribution in [0.2, 0.25) is 5.02 Å². The molecule has 104 valence electrons. The molecule has 1 heterocycles. The highest BCUT2D eigenvalue weighted by Crippen LogP contribution is 2.35. The molecule has 0 atom stereocenters. The number of carbonyl (C=O) groups is 1. The topological polar surface area (TPSA) is 68.7 Å². The highest BCUT2D eigenvalue weighted by molar-refractivity contribution is 6.31. The maximum atomic E-state index is 11.2. The van der Waals surface area contributed by atoms with Crippen LogP contribution in [-0.4, -0.2) is 23.2 Å². The van der Waals surface area contributed by atoms with E-state index < -0.39 is 5.97 Å². The smallest absolute Gasteiger partial charge is 0.339 e. The van der Waals surface area contributed by atoms with Gasteiger partial charge in [0.2, 0.25) is 0 Å². The molecule has 0 spiro atoms. The van der Waals surface area contributed by atoms with E-state index in [2.05, 4.69) is 4.98 Å². The van der Waals surface area contributed by atoms with Crippen molar-refractivity contribution in [3.63, 3.8) is 0 Å². The fraction of sp³-hybridized carbons (Fsp3) is 0.143. The van der Waals surface area contributed by atoms with Crippen LogP contribution in [0, 0.1) is 0 Å². The first kappa shape index (κ1) is 14.1. The molecule has 0 amide bonds. The van der Waals surface area contributed by atoms with Gasteiger partial charge in [0.15, 0.2) is 11.5 Å². The summed E-state index contributed by atoms with van der Waals surface area (Å²) in [4.78, 5) is 15.1. The summed E-state index contributed by atoms with van der Waals surface area (Å²) in [6.07, 6.45) is 3.27. The molecule has 0 fully saturated rings. The van der Waals surface area contributed by atoms with Crippen LogP contribution in [0.4, 0.5) is 0 Å². The molecule has 0 bridgehead atoms. The summed E-state index contributed by atoms with van der Waals surface area (Å²) >= 11 is 5.85. The fourth-order valence-corrected chi connectivity index (χ4v) is 1.87. The first-order valence-electron chi connectivity index (χ1n) is 5.74. The number of ether oxygens (including phenoxy) is 2. The fourth-order valence-electron chi connectivity index (χ4n) is 1.66. The Labute approximate surface area is 120 Å². The van der Waals surface area contributed by atoms with Gasteiger partial charge in [-0.3, -0.25) is 4.98 Å². The predicted octanol–water partition coefficient (Wildman–Crippen LogP) is 3.02. The van der Waals surface area contributed by atoms with Crippen LogP contribution < -0.4 is 9.47 Å². The highest BCUT2D eigenvalue weighted by Gasteiger charge is 2.18. The summed E-state index contributed by atoms with van der Waals surface area (Å²) in [5, 5.41) is 9.48. The molecule has 1 aromatic carbocycles. The number of nitrogens with zero attached hydrogens (tertiary/aromatic N) is 1. The van der Waals surface area contributed by atoms with E-state index in [-0.39, 0.29) is 28.7 Å². The monoisotopic (exact) mass is 293 g/mol. The van der Waals surface area contributed by atoms with Gasteiger partial charge in [-0.05, 0) is 23.8 Å². The Bertz CT molecular complexity index is 616. The predicted molar refractivity (Wildman–Crippen MR) is 73.5 cm³/mol. The largest absolute Gasteiger partial charge is 0.493 e. The summed E-state index contributed by atoms with van der Waals surface area (Å²) in [7, 11) is 1.43. The number of pyridine rings is 1. The first-order valence-corrected chi connectivity index (χ1v) is 6.12. The molecule has 2 rings (SSSR count). The van der Waals surface area contributed by atoms with E-state index in [1.54, 1.807) is 24.5 Å². The molecule has 0 saturated heterocycles. The van der Waals surface area contributed by atoms with Crippen molar-refractivity contribution < 1.29 is 19.4 Å². The quantitative estimate of drug-likeness (QED) is 0.917. The molecule has 1 aromatic heterocycles. The number of halogens is 1. The zero-order valence-electron chi connectivity index (χ0n) is 10.7. The third-order valence-electron chi connectivity index (χ3n) is 2.60. The molecule has 1 N–H and O–H groups in total. The molecule has 0 aliphatic heterocycles. The number of carboxylic acid groups (broad SMARTS) is 1. The van der Waals surface area contributed by atoms with Crippen molar-refractivity contribution >= 4 is 17.6 Å². The Kier molecular flexibility index (Phi) is 4.42. The van der Waals surface area contributed by atoms with Crippen molar-refractivity contribution in [3.8, 4) is 11.5 Å². The summed E-state index contributed by atoms with van der Waals surface area (Å²) < 4.78 is 10.7. The molecule has 5 nitrogen and oxygen atoms in total. The third kappa shape index (κ3) is 3.19. The Hall–Kier alpha value is -2.27. The summed E-state index contributed by atoms with van der Waals surface area (Å²) in [5.41, 5.74) is 0.830. The number of benzene rings is 1. The molecular formula is C14H12ClNO4. The van der Waals surface area contributed by atoms with Crippen molar-refractivity contribution in [2.45, 2.75) is 6.61 Å². The second-order valence-corrected chi connectivity index (χ2v) is 4.37. The molecule has 20 heavy (non-hydrogen) atoms. The lowest BCUT2D eigenvalue weighted by Gasteiger charge is -2.13. The van der Waals surface area contributed by atoms with Gasteiger partial charge in [-0.2, -0.15) is 0 Å². The number of aromatic nitrogens is 1. The second kappa shape index (κ2) is 6.25.